The van der Waals surface area contributed by atoms with E-state index < -0.39 is 77.7 Å². The van der Waals surface area contributed by atoms with Crippen molar-refractivity contribution < 1.29 is 33.6 Å². The van der Waals surface area contributed by atoms with Crippen LogP contribution in [0.4, 0.5) is 4.79 Å². The van der Waals surface area contributed by atoms with Crippen LogP contribution in [0.5, 0.6) is 0 Å². The van der Waals surface area contributed by atoms with Crippen molar-refractivity contribution in [2.75, 3.05) is 26.2 Å². The third-order valence-electron chi connectivity index (χ3n) is 12.6. The van der Waals surface area contributed by atoms with Crippen molar-refractivity contribution in [3.8, 4) is 11.8 Å². The van der Waals surface area contributed by atoms with E-state index in [1.165, 1.54) is 6.92 Å². The van der Waals surface area contributed by atoms with E-state index in [4.69, 9.17) is 11.5 Å². The van der Waals surface area contributed by atoms with E-state index in [0.717, 1.165) is 32.4 Å². The monoisotopic (exact) mass is 983 g/mol. The molecule has 0 unspecified atom stereocenters. The molecule has 380 valence electrons. The number of carbonyl (C=O) groups is 7. The number of para-hydroxylation sites is 2. The highest BCUT2D eigenvalue weighted by molar-refractivity contribution is 5.97. The minimum atomic E-state index is -1.32. The summed E-state index contributed by atoms with van der Waals surface area (Å²) >= 11 is 0. The molecule has 0 saturated carbocycles. The maximum atomic E-state index is 14.6. The van der Waals surface area contributed by atoms with Crippen LogP contribution in [-0.2, 0) is 48.0 Å². The summed E-state index contributed by atoms with van der Waals surface area (Å²) in [5.74, 6) is 1.47. The second-order valence-electron chi connectivity index (χ2n) is 18.3. The number of carbonyl (C=O) groups excluding carboxylic acids is 7. The molecule has 0 aliphatic carbocycles. The number of nitrogens with zero attached hydrogens (tertiary/aromatic N) is 2. The molecule has 19 nitrogen and oxygen atoms in total. The van der Waals surface area contributed by atoms with Gasteiger partial charge in [0.05, 0.1) is 12.6 Å². The predicted molar refractivity (Wildman–Crippen MR) is 275 cm³/mol. The molecule has 5 aromatic rings. The summed E-state index contributed by atoms with van der Waals surface area (Å²) < 4.78 is 0. The zero-order chi connectivity index (χ0) is 51.7. The lowest BCUT2D eigenvalue weighted by atomic mass is 10.0. The fourth-order valence-electron chi connectivity index (χ4n) is 8.33. The molecule has 6 atom stereocenters. The van der Waals surface area contributed by atoms with Crippen molar-refractivity contribution in [3.63, 3.8) is 0 Å². The van der Waals surface area contributed by atoms with E-state index in [0.29, 0.717) is 37.1 Å². The number of aromatic amines is 2. The van der Waals surface area contributed by atoms with Crippen LogP contribution >= 0.6 is 0 Å². The molecule has 1 aliphatic heterocycles. The molecule has 0 bridgehead atoms. The van der Waals surface area contributed by atoms with Crippen LogP contribution < -0.4 is 43.5 Å². The fourth-order valence-corrected chi connectivity index (χ4v) is 8.33. The summed E-state index contributed by atoms with van der Waals surface area (Å²) in [6.45, 7) is 9.75. The number of amides is 8. The Bertz CT molecular complexity index is 2780. The molecule has 72 heavy (non-hydrogen) atoms. The lowest BCUT2D eigenvalue weighted by Crippen LogP contribution is -2.61. The number of nitrogens with one attached hydrogen (secondary N) is 8. The second-order valence-corrected chi connectivity index (χ2v) is 18.3. The molecule has 19 heteroatoms. The summed E-state index contributed by atoms with van der Waals surface area (Å²) in [6.07, 6.45) is 6.39. The minimum absolute atomic E-state index is 0.0289. The highest BCUT2D eigenvalue weighted by Gasteiger charge is 2.33. The van der Waals surface area contributed by atoms with Crippen molar-refractivity contribution >= 4 is 63.3 Å². The number of aromatic nitrogens is 2. The lowest BCUT2D eigenvalue weighted by Gasteiger charge is -2.28. The highest BCUT2D eigenvalue weighted by atomic mass is 16.2. The van der Waals surface area contributed by atoms with Gasteiger partial charge < -0.3 is 48.0 Å². The Morgan fingerprint density at radius 3 is 1.88 bits per heavy atom. The van der Waals surface area contributed by atoms with Gasteiger partial charge in [0.2, 0.25) is 29.5 Å². The van der Waals surface area contributed by atoms with Crippen molar-refractivity contribution in [2.24, 2.45) is 17.4 Å². The number of hydrogen-bond acceptors (Lipinski definition) is 9. The molecule has 0 spiro atoms. The molecule has 12 N–H and O–H groups in total. The summed E-state index contributed by atoms with van der Waals surface area (Å²) in [4.78, 5) is 106. The third kappa shape index (κ3) is 14.8. The number of rotatable bonds is 12. The first kappa shape index (κ1) is 53.4. The third-order valence-corrected chi connectivity index (χ3v) is 12.6. The van der Waals surface area contributed by atoms with Gasteiger partial charge in [-0.2, -0.15) is 0 Å². The number of hydrogen-bond donors (Lipinski definition) is 10. The van der Waals surface area contributed by atoms with E-state index >= 15 is 0 Å². The topological polar surface area (TPSA) is 282 Å². The number of nitrogens with two attached hydrogens (primary N) is 2. The summed E-state index contributed by atoms with van der Waals surface area (Å²) in [7, 11) is 0. The molecule has 0 radical (unpaired) electrons. The maximum Gasteiger partial charge on any atom is 0.337 e. The zero-order valence-corrected chi connectivity index (χ0v) is 41.0. The number of H-pyrrole nitrogens is 2. The zero-order valence-electron chi connectivity index (χ0n) is 41.0. The molecular formula is C53H66N12O7. The van der Waals surface area contributed by atoms with Crippen molar-refractivity contribution in [1.82, 2.24) is 51.9 Å². The molecule has 0 fully saturated rings. The molecule has 3 heterocycles. The molecule has 6 rings (SSSR count). The van der Waals surface area contributed by atoms with E-state index in [9.17, 15) is 33.6 Å². The average Bonchev–Trinajstić information content (AvgIpc) is 3.98. The molecule has 1 aliphatic rings. The van der Waals surface area contributed by atoms with Gasteiger partial charge in [-0.25, -0.2) is 9.80 Å². The van der Waals surface area contributed by atoms with Crippen LogP contribution in [0.25, 0.3) is 21.8 Å². The Morgan fingerprint density at radius 1 is 0.722 bits per heavy atom. The largest absolute Gasteiger partial charge is 0.368 e. The normalized spacial score (nSPS) is 21.2. The molecule has 0 saturated heterocycles. The fraction of sp³-hybridized carbons (Fsp3) is 0.377. The number of hydrazine groups is 1. The van der Waals surface area contributed by atoms with Crippen LogP contribution in [0.15, 0.2) is 104 Å². The molecule has 8 amide bonds. The van der Waals surface area contributed by atoms with Gasteiger partial charge in [-0.1, -0.05) is 98.5 Å². The van der Waals surface area contributed by atoms with Gasteiger partial charge in [-0.05, 0) is 67.5 Å². The predicted octanol–water partition coefficient (Wildman–Crippen LogP) is 2.19. The number of fused-ring (bicyclic) bond motifs is 2. The maximum absolute atomic E-state index is 14.6. The van der Waals surface area contributed by atoms with Crippen molar-refractivity contribution in [2.45, 2.75) is 95.5 Å². The molecule has 3 aromatic carbocycles. The Balaban J connectivity index is 1.36. The number of benzene rings is 3. The smallest absolute Gasteiger partial charge is 0.337 e. The van der Waals surface area contributed by atoms with Gasteiger partial charge in [0.25, 0.3) is 5.91 Å². The number of primary amides is 1. The first-order chi connectivity index (χ1) is 34.6. The van der Waals surface area contributed by atoms with E-state index in [1.54, 1.807) is 56.6 Å². The standard InChI is InChI=1S/C53H66N12O7/c1-5-24-64-25-14-13-23-42(47(55)66)59-50(69)43(28-35-17-7-6-8-18-35)61-51(70)44(29-36-31-56-40-21-11-9-19-38(36)40)60-48(67)34(4)58-49(68)45(30-37-32-57-41-22-12-10-20-39(37)41)62-53(72)65(27-16-15-26-64)63-52(71)46(54)33(2)3/h5-12,17-22,31-34,42-46,56-57H,1,13-14,23-30,54H2,2-4H3,(H2,55,66)(H,58,68)(H,59,69)(H,60,67)(H,61,70)(H,62,72)(H,63,71)/t34-,42-,43+,44-,45+,46+/m0/s1. The van der Waals surface area contributed by atoms with Gasteiger partial charge in [-0.15, -0.1) is 6.58 Å². The van der Waals surface area contributed by atoms with Crippen LogP contribution in [0.2, 0.25) is 0 Å². The first-order valence-electron chi connectivity index (χ1n) is 24.2. The van der Waals surface area contributed by atoms with Gasteiger partial charge >= 0.3 is 6.03 Å². The minimum Gasteiger partial charge on any atom is -0.368 e. The average molecular weight is 983 g/mol. The summed E-state index contributed by atoms with van der Waals surface area (Å²) in [5, 5.41) is 16.5. The molecular weight excluding hydrogens is 917 g/mol. The first-order valence-corrected chi connectivity index (χ1v) is 24.2. The Kier molecular flexibility index (Phi) is 19.1. The van der Waals surface area contributed by atoms with Crippen LogP contribution in [-0.4, -0.2) is 124 Å². The van der Waals surface area contributed by atoms with E-state index in [-0.39, 0.29) is 44.7 Å². The Labute approximate surface area is 419 Å². The van der Waals surface area contributed by atoms with E-state index in [1.807, 2.05) is 59.5 Å². The van der Waals surface area contributed by atoms with Crippen molar-refractivity contribution in [3.05, 3.63) is 121 Å². The van der Waals surface area contributed by atoms with Crippen LogP contribution in [0, 0.1) is 17.8 Å². The van der Waals surface area contributed by atoms with Gasteiger partial charge in [0.1, 0.15) is 36.8 Å². The summed E-state index contributed by atoms with van der Waals surface area (Å²) in [5.41, 5.74) is 18.3. The van der Waals surface area contributed by atoms with E-state index in [2.05, 4.69) is 60.4 Å². The van der Waals surface area contributed by atoms with Crippen molar-refractivity contribution in [1.29, 1.82) is 0 Å². The van der Waals surface area contributed by atoms with Gasteiger partial charge in [0, 0.05) is 60.0 Å². The lowest BCUT2D eigenvalue weighted by molar-refractivity contribution is -0.134. The Hall–Kier alpha value is -7.95. The van der Waals surface area contributed by atoms with Crippen LogP contribution in [0.3, 0.4) is 0 Å². The highest BCUT2D eigenvalue weighted by Crippen LogP contribution is 2.21. The SMILES string of the molecule is C=CCN1CC#CCN(NC(=O)[C@H](N)C(C)C)C(=O)N[C@H](Cc2c[nH]c3ccccc23)C(=O)N[C@@H](C)C(=O)N[C@@H](Cc2c[nH]c3ccccc23)C(=O)N[C@H](Cc2ccccc2)C(=O)N[C@H](C(N)=O)CCCC1. The second kappa shape index (κ2) is 25.8. The van der Waals surface area contributed by atoms with Crippen LogP contribution in [0.1, 0.15) is 56.7 Å². The van der Waals surface area contributed by atoms with Gasteiger partial charge in [0.15, 0.2) is 0 Å². The quantitative estimate of drug-likeness (QED) is 0.0647. The number of urea groups is 1. The Morgan fingerprint density at radius 2 is 1.26 bits per heavy atom. The van der Waals surface area contributed by atoms with Gasteiger partial charge in [-0.3, -0.25) is 39.1 Å². The summed E-state index contributed by atoms with van der Waals surface area (Å²) in [6, 6.07) is 15.9. The molecule has 2 aromatic heterocycles.